The van der Waals surface area contributed by atoms with Gasteiger partial charge in [-0.2, -0.15) is 0 Å². The summed E-state index contributed by atoms with van der Waals surface area (Å²) in [5.41, 5.74) is 0.829. The molecule has 0 saturated carbocycles. The minimum absolute atomic E-state index is 0.309. The molecule has 0 unspecified atom stereocenters. The average molecular weight is 207 g/mol. The number of carbonyl (C=O) groups excluding carboxylic acids is 1. The van der Waals surface area contributed by atoms with E-state index < -0.39 is 0 Å². The third kappa shape index (κ3) is 4.61. The molecule has 3 nitrogen and oxygen atoms in total. The first-order valence-corrected chi connectivity index (χ1v) is 4.97. The van der Waals surface area contributed by atoms with Gasteiger partial charge in [0, 0.05) is 0 Å². The molecular formula is C12H17NO2. The van der Waals surface area contributed by atoms with Gasteiger partial charge in [-0.3, -0.25) is 4.79 Å². The topological polar surface area (TPSA) is 38.3 Å². The van der Waals surface area contributed by atoms with Crippen LogP contribution in [0, 0.1) is 0 Å². The Hall–Kier alpha value is -1.35. The molecule has 0 aliphatic rings. The fourth-order valence-electron chi connectivity index (χ4n) is 1.20. The first-order chi connectivity index (χ1) is 7.14. The van der Waals surface area contributed by atoms with Gasteiger partial charge in [0.05, 0.1) is 18.8 Å². The molecule has 1 rings (SSSR count). The van der Waals surface area contributed by atoms with Crippen LogP contribution in [0.5, 0.6) is 0 Å². The first-order valence-electron chi connectivity index (χ1n) is 4.97. The van der Waals surface area contributed by atoms with Crippen LogP contribution in [-0.2, 0) is 16.1 Å². The molecule has 0 aromatic heterocycles. The summed E-state index contributed by atoms with van der Waals surface area (Å²) in [4.78, 5) is 10.3. The van der Waals surface area contributed by atoms with Gasteiger partial charge in [-0.05, 0) is 19.4 Å². The van der Waals surface area contributed by atoms with Crippen molar-refractivity contribution in [2.75, 3.05) is 6.61 Å². The van der Waals surface area contributed by atoms with Crippen molar-refractivity contribution in [2.45, 2.75) is 26.0 Å². The third-order valence-electron chi connectivity index (χ3n) is 2.02. The predicted octanol–water partition coefficient (Wildman–Crippen LogP) is 1.73. The van der Waals surface area contributed by atoms with Crippen molar-refractivity contribution in [2.24, 2.45) is 0 Å². The molecule has 0 fully saturated rings. The Labute approximate surface area is 90.4 Å². The molecule has 1 aromatic carbocycles. The minimum atomic E-state index is -0.309. The lowest BCUT2D eigenvalue weighted by atomic mass is 10.1. The van der Waals surface area contributed by atoms with E-state index in [0.29, 0.717) is 19.6 Å². The van der Waals surface area contributed by atoms with Crippen molar-refractivity contribution < 1.29 is 9.53 Å². The molecule has 1 aromatic rings. The van der Waals surface area contributed by atoms with E-state index in [9.17, 15) is 4.79 Å². The van der Waals surface area contributed by atoms with E-state index in [-0.39, 0.29) is 5.54 Å². The van der Waals surface area contributed by atoms with Gasteiger partial charge in [-0.1, -0.05) is 30.3 Å². The molecule has 82 valence electrons. The Morgan fingerprint density at radius 2 is 2.00 bits per heavy atom. The molecule has 1 N–H and O–H groups in total. The van der Waals surface area contributed by atoms with Crippen LogP contribution in [-0.4, -0.2) is 18.6 Å². The smallest absolute Gasteiger partial charge is 0.207 e. The molecule has 3 heteroatoms. The standard InChI is InChI=1S/C12H17NO2/c1-12(2,13-10-14)9-15-8-11-6-4-3-5-7-11/h3-7,10H,8-9H2,1-2H3,(H,13,14). The van der Waals surface area contributed by atoms with Gasteiger partial charge >= 0.3 is 0 Å². The summed E-state index contributed by atoms with van der Waals surface area (Å²) in [6.45, 7) is 4.92. The van der Waals surface area contributed by atoms with E-state index in [1.807, 2.05) is 44.2 Å². The number of ether oxygens (including phenoxy) is 1. The molecule has 0 atom stereocenters. The highest BCUT2D eigenvalue weighted by molar-refractivity contribution is 5.47. The maximum absolute atomic E-state index is 10.3. The Morgan fingerprint density at radius 1 is 1.33 bits per heavy atom. The van der Waals surface area contributed by atoms with Crippen LogP contribution in [0.3, 0.4) is 0 Å². The van der Waals surface area contributed by atoms with Gasteiger partial charge in [0.25, 0.3) is 0 Å². The van der Waals surface area contributed by atoms with Crippen LogP contribution in [0.15, 0.2) is 30.3 Å². The number of amides is 1. The van der Waals surface area contributed by atoms with E-state index in [0.717, 1.165) is 5.56 Å². The van der Waals surface area contributed by atoms with Crippen molar-refractivity contribution >= 4 is 6.41 Å². The lowest BCUT2D eigenvalue weighted by Crippen LogP contribution is -2.42. The fraction of sp³-hybridized carbons (Fsp3) is 0.417. The fourth-order valence-corrected chi connectivity index (χ4v) is 1.20. The number of hydrogen-bond donors (Lipinski definition) is 1. The summed E-state index contributed by atoms with van der Waals surface area (Å²) in [5.74, 6) is 0. The van der Waals surface area contributed by atoms with Crippen molar-refractivity contribution in [3.05, 3.63) is 35.9 Å². The number of benzene rings is 1. The van der Waals surface area contributed by atoms with E-state index in [4.69, 9.17) is 4.74 Å². The second-order valence-corrected chi connectivity index (χ2v) is 4.12. The zero-order valence-corrected chi connectivity index (χ0v) is 9.19. The van der Waals surface area contributed by atoms with Gasteiger partial charge in [0.15, 0.2) is 0 Å². The molecule has 0 radical (unpaired) electrons. The summed E-state index contributed by atoms with van der Waals surface area (Å²) in [5, 5.41) is 2.70. The van der Waals surface area contributed by atoms with Crippen LogP contribution >= 0.6 is 0 Å². The lowest BCUT2D eigenvalue weighted by Gasteiger charge is -2.23. The number of rotatable bonds is 6. The molecular weight excluding hydrogens is 190 g/mol. The molecule has 0 heterocycles. The second kappa shape index (κ2) is 5.51. The number of nitrogens with one attached hydrogen (secondary N) is 1. The Morgan fingerprint density at radius 3 is 2.60 bits per heavy atom. The van der Waals surface area contributed by atoms with Crippen molar-refractivity contribution in [3.8, 4) is 0 Å². The Kier molecular flexibility index (Phi) is 4.31. The Bertz CT molecular complexity index is 296. The van der Waals surface area contributed by atoms with E-state index in [2.05, 4.69) is 5.32 Å². The largest absolute Gasteiger partial charge is 0.374 e. The van der Waals surface area contributed by atoms with E-state index >= 15 is 0 Å². The zero-order chi connectivity index (χ0) is 11.1. The molecule has 0 aliphatic heterocycles. The monoisotopic (exact) mass is 207 g/mol. The summed E-state index contributed by atoms with van der Waals surface area (Å²) in [7, 11) is 0. The van der Waals surface area contributed by atoms with Crippen molar-refractivity contribution in [3.63, 3.8) is 0 Å². The second-order valence-electron chi connectivity index (χ2n) is 4.12. The number of carbonyl (C=O) groups is 1. The molecule has 0 saturated heterocycles. The minimum Gasteiger partial charge on any atom is -0.374 e. The molecule has 0 bridgehead atoms. The Balaban J connectivity index is 2.30. The van der Waals surface area contributed by atoms with Gasteiger partial charge in [-0.25, -0.2) is 0 Å². The third-order valence-corrected chi connectivity index (χ3v) is 2.02. The SMILES string of the molecule is CC(C)(COCc1ccccc1)NC=O. The van der Waals surface area contributed by atoms with E-state index in [1.165, 1.54) is 0 Å². The molecule has 0 aliphatic carbocycles. The van der Waals surface area contributed by atoms with Crippen LogP contribution in [0.2, 0.25) is 0 Å². The van der Waals surface area contributed by atoms with Gasteiger partial charge in [-0.15, -0.1) is 0 Å². The maximum Gasteiger partial charge on any atom is 0.207 e. The first kappa shape index (κ1) is 11.7. The molecule has 15 heavy (non-hydrogen) atoms. The summed E-state index contributed by atoms with van der Waals surface area (Å²) in [6.07, 6.45) is 0.700. The van der Waals surface area contributed by atoms with Crippen molar-refractivity contribution in [1.82, 2.24) is 5.32 Å². The summed E-state index contributed by atoms with van der Waals surface area (Å²) >= 11 is 0. The summed E-state index contributed by atoms with van der Waals surface area (Å²) < 4.78 is 5.52. The summed E-state index contributed by atoms with van der Waals surface area (Å²) in [6, 6.07) is 9.96. The van der Waals surface area contributed by atoms with Crippen LogP contribution in [0.4, 0.5) is 0 Å². The van der Waals surface area contributed by atoms with E-state index in [1.54, 1.807) is 0 Å². The molecule has 0 spiro atoms. The normalized spacial score (nSPS) is 11.1. The highest BCUT2D eigenvalue weighted by Gasteiger charge is 2.15. The van der Waals surface area contributed by atoms with Gasteiger partial charge in [0.1, 0.15) is 0 Å². The highest BCUT2D eigenvalue weighted by Crippen LogP contribution is 2.05. The van der Waals surface area contributed by atoms with Crippen LogP contribution in [0.1, 0.15) is 19.4 Å². The zero-order valence-electron chi connectivity index (χ0n) is 9.19. The van der Waals surface area contributed by atoms with Crippen molar-refractivity contribution in [1.29, 1.82) is 0 Å². The maximum atomic E-state index is 10.3. The van der Waals surface area contributed by atoms with Gasteiger partial charge in [0.2, 0.25) is 6.41 Å². The predicted molar refractivity (Wildman–Crippen MR) is 59.4 cm³/mol. The van der Waals surface area contributed by atoms with Crippen LogP contribution < -0.4 is 5.32 Å². The van der Waals surface area contributed by atoms with Crippen LogP contribution in [0.25, 0.3) is 0 Å². The quantitative estimate of drug-likeness (QED) is 0.721. The van der Waals surface area contributed by atoms with Gasteiger partial charge < -0.3 is 10.1 Å². The lowest BCUT2D eigenvalue weighted by molar-refractivity contribution is -0.111. The molecule has 1 amide bonds. The average Bonchev–Trinajstić information content (AvgIpc) is 2.19. The highest BCUT2D eigenvalue weighted by atomic mass is 16.5. The number of hydrogen-bond acceptors (Lipinski definition) is 2.